The maximum atomic E-state index is 13.2. The molecule has 0 atom stereocenters. The van der Waals surface area contributed by atoms with E-state index in [2.05, 4.69) is 21.0 Å². The number of hydrogen-bond donors (Lipinski definition) is 1. The number of thioether (sulfide) groups is 1. The Morgan fingerprint density at radius 1 is 1.16 bits per heavy atom. The first-order chi connectivity index (χ1) is 15.0. The molecule has 0 unspecified atom stereocenters. The number of imidazole rings is 1. The Labute approximate surface area is 182 Å². The van der Waals surface area contributed by atoms with E-state index in [9.17, 15) is 14.0 Å². The van der Waals surface area contributed by atoms with E-state index in [-0.39, 0.29) is 10.7 Å². The van der Waals surface area contributed by atoms with Gasteiger partial charge in [0.25, 0.3) is 6.43 Å². The molecule has 1 N–H and O–H groups in total. The summed E-state index contributed by atoms with van der Waals surface area (Å²) in [6, 6.07) is 16.8. The van der Waals surface area contributed by atoms with Gasteiger partial charge >= 0.3 is 0 Å². The van der Waals surface area contributed by atoms with E-state index in [4.69, 9.17) is 4.74 Å². The summed E-state index contributed by atoms with van der Waals surface area (Å²) in [6.45, 7) is 1.64. The molecule has 2 aromatic heterocycles. The van der Waals surface area contributed by atoms with Crippen molar-refractivity contribution in [1.82, 2.24) is 15.0 Å². The van der Waals surface area contributed by atoms with Crippen molar-refractivity contribution < 1.29 is 13.5 Å². The third-order valence-corrected chi connectivity index (χ3v) is 5.87. The Morgan fingerprint density at radius 2 is 1.97 bits per heavy atom. The van der Waals surface area contributed by atoms with Gasteiger partial charge in [0, 0.05) is 16.9 Å². The minimum absolute atomic E-state index is 0.286. The van der Waals surface area contributed by atoms with Gasteiger partial charge in [0.1, 0.15) is 28.4 Å². The predicted molar refractivity (Wildman–Crippen MR) is 116 cm³/mol. The van der Waals surface area contributed by atoms with Crippen LogP contribution < -0.4 is 4.74 Å². The fourth-order valence-corrected chi connectivity index (χ4v) is 4.33. The number of fused-ring (bicyclic) bond motifs is 1. The molecule has 4 rings (SSSR count). The number of rotatable bonds is 6. The van der Waals surface area contributed by atoms with Gasteiger partial charge in [-0.05, 0) is 48.9 Å². The second kappa shape index (κ2) is 8.74. The number of aromatic amines is 1. The van der Waals surface area contributed by atoms with Crippen molar-refractivity contribution in [3.63, 3.8) is 0 Å². The van der Waals surface area contributed by atoms with E-state index in [1.54, 1.807) is 14.0 Å². The first kappa shape index (κ1) is 20.8. The number of aryl methyl sites for hydroxylation is 1. The standard InChI is InChI=1S/C23H18F2N4OS/c1-13-9-19(21(24)25)29-23(16(13)11-26)31-12-15-10-14(7-8-20(15)30-2)22-27-17-5-3-4-6-18(17)28-22/h3-10,21H,12H2,1-2H3,(H,27,28). The van der Waals surface area contributed by atoms with Crippen molar-refractivity contribution in [2.75, 3.05) is 7.11 Å². The lowest BCUT2D eigenvalue weighted by Crippen LogP contribution is -1.99. The molecule has 156 valence electrons. The number of ether oxygens (including phenoxy) is 1. The maximum absolute atomic E-state index is 13.2. The van der Waals surface area contributed by atoms with Crippen LogP contribution in [0.4, 0.5) is 8.78 Å². The van der Waals surface area contributed by atoms with Gasteiger partial charge in [-0.1, -0.05) is 12.1 Å². The van der Waals surface area contributed by atoms with Crippen molar-refractivity contribution in [2.24, 2.45) is 0 Å². The van der Waals surface area contributed by atoms with E-state index in [0.29, 0.717) is 22.6 Å². The zero-order chi connectivity index (χ0) is 22.0. The predicted octanol–water partition coefficient (Wildman–Crippen LogP) is 6.04. The number of nitrogens with one attached hydrogen (secondary N) is 1. The minimum atomic E-state index is -2.70. The summed E-state index contributed by atoms with van der Waals surface area (Å²) in [5, 5.41) is 9.75. The molecule has 0 saturated heterocycles. The van der Waals surface area contributed by atoms with Crippen LogP contribution >= 0.6 is 11.8 Å². The monoisotopic (exact) mass is 436 g/mol. The Morgan fingerprint density at radius 3 is 2.68 bits per heavy atom. The van der Waals surface area contributed by atoms with Gasteiger partial charge in [-0.25, -0.2) is 18.7 Å². The molecule has 2 heterocycles. The van der Waals surface area contributed by atoms with Gasteiger partial charge in [0.05, 0.1) is 23.7 Å². The number of benzene rings is 2. The molecule has 8 heteroatoms. The number of halogens is 2. The maximum Gasteiger partial charge on any atom is 0.280 e. The van der Waals surface area contributed by atoms with Gasteiger partial charge in [0.2, 0.25) is 0 Å². The molecule has 0 aliphatic carbocycles. The largest absolute Gasteiger partial charge is 0.496 e. The first-order valence-corrected chi connectivity index (χ1v) is 10.4. The molecule has 0 aliphatic heterocycles. The third kappa shape index (κ3) is 4.23. The summed E-state index contributed by atoms with van der Waals surface area (Å²) >= 11 is 1.23. The molecular formula is C23H18F2N4OS. The zero-order valence-corrected chi connectivity index (χ0v) is 17.6. The van der Waals surface area contributed by atoms with Crippen LogP contribution in [0.5, 0.6) is 5.75 Å². The zero-order valence-electron chi connectivity index (χ0n) is 16.8. The minimum Gasteiger partial charge on any atom is -0.496 e. The lowest BCUT2D eigenvalue weighted by molar-refractivity contribution is 0.145. The van der Waals surface area contributed by atoms with Crippen molar-refractivity contribution >= 4 is 22.8 Å². The number of H-pyrrole nitrogens is 1. The molecule has 5 nitrogen and oxygen atoms in total. The van der Waals surface area contributed by atoms with Gasteiger partial charge in [-0.15, -0.1) is 11.8 Å². The summed E-state index contributed by atoms with van der Waals surface area (Å²) in [6.07, 6.45) is -2.70. The summed E-state index contributed by atoms with van der Waals surface area (Å²) < 4.78 is 31.9. The van der Waals surface area contributed by atoms with E-state index in [1.165, 1.54) is 17.8 Å². The van der Waals surface area contributed by atoms with Crippen molar-refractivity contribution in [3.05, 3.63) is 70.9 Å². The van der Waals surface area contributed by atoms with Crippen LogP contribution in [0.3, 0.4) is 0 Å². The van der Waals surface area contributed by atoms with Crippen molar-refractivity contribution in [3.8, 4) is 23.2 Å². The number of methoxy groups -OCH3 is 1. The number of hydrogen-bond acceptors (Lipinski definition) is 5. The second-order valence-corrected chi connectivity index (χ2v) is 7.84. The van der Waals surface area contributed by atoms with Gasteiger partial charge in [0.15, 0.2) is 0 Å². The highest BCUT2D eigenvalue weighted by Crippen LogP contribution is 2.34. The van der Waals surface area contributed by atoms with Crippen LogP contribution in [0.25, 0.3) is 22.4 Å². The number of alkyl halides is 2. The number of para-hydroxylation sites is 2. The summed E-state index contributed by atoms with van der Waals surface area (Å²) in [7, 11) is 1.57. The Balaban J connectivity index is 1.67. The Hall–Kier alpha value is -3.44. The lowest BCUT2D eigenvalue weighted by Gasteiger charge is -2.12. The van der Waals surface area contributed by atoms with Crippen LogP contribution in [-0.4, -0.2) is 22.1 Å². The van der Waals surface area contributed by atoms with Crippen LogP contribution in [0.15, 0.2) is 53.6 Å². The molecule has 0 spiro atoms. The first-order valence-electron chi connectivity index (χ1n) is 9.44. The van der Waals surface area contributed by atoms with Crippen LogP contribution in [0, 0.1) is 18.3 Å². The quantitative estimate of drug-likeness (QED) is 0.373. The average molecular weight is 436 g/mol. The number of pyridine rings is 1. The lowest BCUT2D eigenvalue weighted by atomic mass is 10.1. The number of aromatic nitrogens is 3. The fraction of sp³-hybridized carbons (Fsp3) is 0.174. The average Bonchev–Trinajstić information content (AvgIpc) is 3.21. The highest BCUT2D eigenvalue weighted by molar-refractivity contribution is 7.98. The van der Waals surface area contributed by atoms with E-state index >= 15 is 0 Å². The molecule has 4 aromatic rings. The van der Waals surface area contributed by atoms with Crippen LogP contribution in [0.1, 0.15) is 28.8 Å². The molecule has 31 heavy (non-hydrogen) atoms. The molecule has 0 radical (unpaired) electrons. The van der Waals surface area contributed by atoms with Gasteiger partial charge < -0.3 is 9.72 Å². The van der Waals surface area contributed by atoms with Crippen molar-refractivity contribution in [2.45, 2.75) is 24.1 Å². The summed E-state index contributed by atoms with van der Waals surface area (Å²) in [5.74, 6) is 1.78. The highest BCUT2D eigenvalue weighted by Gasteiger charge is 2.17. The van der Waals surface area contributed by atoms with Gasteiger partial charge in [-0.3, -0.25) is 0 Å². The van der Waals surface area contributed by atoms with Crippen LogP contribution in [-0.2, 0) is 5.75 Å². The molecule has 2 aromatic carbocycles. The normalized spacial score (nSPS) is 11.1. The SMILES string of the molecule is COc1ccc(-c2nc3ccccc3[nH]2)cc1CSc1nc(C(F)F)cc(C)c1C#N. The fourth-order valence-electron chi connectivity index (χ4n) is 3.29. The molecule has 0 aliphatic rings. The Kier molecular flexibility index (Phi) is 5.87. The number of nitrogens with zero attached hydrogens (tertiary/aromatic N) is 3. The highest BCUT2D eigenvalue weighted by atomic mass is 32.2. The Bertz CT molecular complexity index is 1260. The summed E-state index contributed by atoms with van der Waals surface area (Å²) in [4.78, 5) is 11.9. The number of nitriles is 1. The van der Waals surface area contributed by atoms with Crippen molar-refractivity contribution in [1.29, 1.82) is 5.26 Å². The smallest absolute Gasteiger partial charge is 0.280 e. The van der Waals surface area contributed by atoms with Crippen LogP contribution in [0.2, 0.25) is 0 Å². The second-order valence-electron chi connectivity index (χ2n) is 6.87. The molecular weight excluding hydrogens is 418 g/mol. The van der Waals surface area contributed by atoms with E-state index < -0.39 is 6.43 Å². The van der Waals surface area contributed by atoms with E-state index in [1.807, 2.05) is 42.5 Å². The van der Waals surface area contributed by atoms with E-state index in [0.717, 1.165) is 28.0 Å². The molecule has 0 bridgehead atoms. The third-order valence-electron chi connectivity index (χ3n) is 4.85. The molecule has 0 amide bonds. The molecule has 0 saturated carbocycles. The van der Waals surface area contributed by atoms with Gasteiger partial charge in [-0.2, -0.15) is 5.26 Å². The molecule has 0 fully saturated rings. The summed E-state index contributed by atoms with van der Waals surface area (Å²) in [5.41, 5.74) is 3.98. The topological polar surface area (TPSA) is 74.6 Å².